The Balaban J connectivity index is 2.33. The van der Waals surface area contributed by atoms with Gasteiger partial charge in [0.15, 0.2) is 0 Å². The van der Waals surface area contributed by atoms with Gasteiger partial charge in [-0.15, -0.1) is 6.58 Å². The zero-order chi connectivity index (χ0) is 11.6. The van der Waals surface area contributed by atoms with Crippen molar-refractivity contribution in [2.75, 3.05) is 13.1 Å². The standard InChI is InChI=1S/C11H19NO3/c1-5-9(13)8-6-12(7-8)10(14)15-11(2,3)4/h5,8-9,13H,1,6-7H2,2-4H3. The predicted molar refractivity (Wildman–Crippen MR) is 57.5 cm³/mol. The molecule has 86 valence electrons. The minimum Gasteiger partial charge on any atom is -0.444 e. The number of hydrogen-bond donors (Lipinski definition) is 1. The highest BCUT2D eigenvalue weighted by Gasteiger charge is 2.36. The molecule has 1 saturated heterocycles. The van der Waals surface area contributed by atoms with Gasteiger partial charge in [-0.3, -0.25) is 0 Å². The van der Waals surface area contributed by atoms with Gasteiger partial charge >= 0.3 is 6.09 Å². The summed E-state index contributed by atoms with van der Waals surface area (Å²) in [6, 6.07) is 0. The Kier molecular flexibility index (Phi) is 3.39. The van der Waals surface area contributed by atoms with Gasteiger partial charge < -0.3 is 14.7 Å². The zero-order valence-corrected chi connectivity index (χ0v) is 9.56. The second-order valence-corrected chi connectivity index (χ2v) is 4.87. The predicted octanol–water partition coefficient (Wildman–Crippen LogP) is 1.40. The van der Waals surface area contributed by atoms with E-state index < -0.39 is 11.7 Å². The molecule has 0 aliphatic carbocycles. The molecule has 15 heavy (non-hydrogen) atoms. The van der Waals surface area contributed by atoms with Crippen LogP contribution in [0.1, 0.15) is 20.8 Å². The molecule has 1 amide bonds. The number of hydrogen-bond acceptors (Lipinski definition) is 3. The summed E-state index contributed by atoms with van der Waals surface area (Å²) in [6.07, 6.45) is 0.663. The molecule has 1 atom stereocenters. The molecule has 0 aromatic rings. The van der Waals surface area contributed by atoms with Crippen LogP contribution in [0.25, 0.3) is 0 Å². The third-order valence-corrected chi connectivity index (χ3v) is 2.29. The van der Waals surface area contributed by atoms with Crippen molar-refractivity contribution in [3.8, 4) is 0 Å². The molecule has 1 aliphatic rings. The summed E-state index contributed by atoms with van der Waals surface area (Å²) in [6.45, 7) is 10.1. The van der Waals surface area contributed by atoms with Crippen LogP contribution in [0.2, 0.25) is 0 Å². The lowest BCUT2D eigenvalue weighted by molar-refractivity contribution is -0.0206. The Morgan fingerprint density at radius 3 is 2.53 bits per heavy atom. The van der Waals surface area contributed by atoms with Crippen LogP contribution in [-0.2, 0) is 4.74 Å². The SMILES string of the molecule is C=CC(O)C1CN(C(=O)OC(C)(C)C)C1. The molecule has 4 heteroatoms. The lowest BCUT2D eigenvalue weighted by Gasteiger charge is -2.41. The van der Waals surface area contributed by atoms with E-state index in [1.165, 1.54) is 6.08 Å². The van der Waals surface area contributed by atoms with Gasteiger partial charge in [-0.05, 0) is 20.8 Å². The van der Waals surface area contributed by atoms with Crippen molar-refractivity contribution in [3.05, 3.63) is 12.7 Å². The van der Waals surface area contributed by atoms with Crippen molar-refractivity contribution in [2.24, 2.45) is 5.92 Å². The maximum Gasteiger partial charge on any atom is 0.410 e. The average molecular weight is 213 g/mol. The monoisotopic (exact) mass is 213 g/mol. The summed E-state index contributed by atoms with van der Waals surface area (Å²) in [5, 5.41) is 9.41. The number of nitrogens with zero attached hydrogens (tertiary/aromatic N) is 1. The summed E-state index contributed by atoms with van der Waals surface area (Å²) in [7, 11) is 0. The van der Waals surface area contributed by atoms with Crippen LogP contribution >= 0.6 is 0 Å². The van der Waals surface area contributed by atoms with Crippen molar-refractivity contribution in [1.29, 1.82) is 0 Å². The van der Waals surface area contributed by atoms with Gasteiger partial charge in [-0.25, -0.2) is 4.79 Å². The van der Waals surface area contributed by atoms with Gasteiger partial charge in [0, 0.05) is 19.0 Å². The summed E-state index contributed by atoms with van der Waals surface area (Å²) < 4.78 is 5.18. The summed E-state index contributed by atoms with van der Waals surface area (Å²) in [5.74, 6) is 0.106. The van der Waals surface area contributed by atoms with Crippen LogP contribution in [-0.4, -0.2) is 40.9 Å². The second-order valence-electron chi connectivity index (χ2n) is 4.87. The van der Waals surface area contributed by atoms with Crippen molar-refractivity contribution in [1.82, 2.24) is 4.90 Å². The molecular weight excluding hydrogens is 194 g/mol. The van der Waals surface area contributed by atoms with E-state index in [0.717, 1.165) is 0 Å². The van der Waals surface area contributed by atoms with Gasteiger partial charge in [0.1, 0.15) is 5.60 Å². The van der Waals surface area contributed by atoms with E-state index in [1.54, 1.807) is 4.90 Å². The number of carbonyl (C=O) groups is 1. The molecule has 0 saturated carbocycles. The van der Waals surface area contributed by atoms with Crippen molar-refractivity contribution in [3.63, 3.8) is 0 Å². The molecule has 0 radical (unpaired) electrons. The van der Waals surface area contributed by atoms with Gasteiger partial charge in [0.25, 0.3) is 0 Å². The highest BCUT2D eigenvalue weighted by molar-refractivity contribution is 5.69. The van der Waals surface area contributed by atoms with E-state index in [-0.39, 0.29) is 12.0 Å². The van der Waals surface area contributed by atoms with E-state index in [4.69, 9.17) is 4.74 Å². The third kappa shape index (κ3) is 3.23. The fourth-order valence-electron chi connectivity index (χ4n) is 1.40. The Labute approximate surface area is 90.5 Å². The number of aliphatic hydroxyl groups excluding tert-OH is 1. The largest absolute Gasteiger partial charge is 0.444 e. The fourth-order valence-corrected chi connectivity index (χ4v) is 1.40. The number of aliphatic hydroxyl groups is 1. The van der Waals surface area contributed by atoms with Crippen molar-refractivity contribution >= 4 is 6.09 Å². The lowest BCUT2D eigenvalue weighted by Crippen LogP contribution is -2.55. The van der Waals surface area contributed by atoms with Crippen molar-refractivity contribution in [2.45, 2.75) is 32.5 Å². The molecule has 1 rings (SSSR count). The first kappa shape index (κ1) is 12.0. The quantitative estimate of drug-likeness (QED) is 0.705. The Bertz CT molecular complexity index is 251. The maximum absolute atomic E-state index is 11.5. The minimum absolute atomic E-state index is 0.106. The molecule has 1 heterocycles. The second kappa shape index (κ2) is 4.23. The highest BCUT2D eigenvalue weighted by Crippen LogP contribution is 2.22. The van der Waals surface area contributed by atoms with Crippen LogP contribution in [0, 0.1) is 5.92 Å². The molecule has 0 aromatic carbocycles. The highest BCUT2D eigenvalue weighted by atomic mass is 16.6. The van der Waals surface area contributed by atoms with E-state index in [2.05, 4.69) is 6.58 Å². The number of rotatable bonds is 2. The van der Waals surface area contributed by atoms with Crippen LogP contribution in [0.15, 0.2) is 12.7 Å². The number of likely N-dealkylation sites (tertiary alicyclic amines) is 1. The Morgan fingerprint density at radius 1 is 1.60 bits per heavy atom. The smallest absolute Gasteiger partial charge is 0.410 e. The molecule has 0 aromatic heterocycles. The van der Waals surface area contributed by atoms with Gasteiger partial charge in [-0.2, -0.15) is 0 Å². The summed E-state index contributed by atoms with van der Waals surface area (Å²) in [4.78, 5) is 13.1. The van der Waals surface area contributed by atoms with Crippen LogP contribution in [0.3, 0.4) is 0 Å². The number of amides is 1. The van der Waals surface area contributed by atoms with E-state index in [1.807, 2.05) is 20.8 Å². The molecule has 0 spiro atoms. The first-order valence-electron chi connectivity index (χ1n) is 5.12. The van der Waals surface area contributed by atoms with Crippen molar-refractivity contribution < 1.29 is 14.6 Å². The fraction of sp³-hybridized carbons (Fsp3) is 0.727. The van der Waals surface area contributed by atoms with Gasteiger partial charge in [0.05, 0.1) is 6.10 Å². The number of ether oxygens (including phenoxy) is 1. The molecule has 4 nitrogen and oxygen atoms in total. The average Bonchev–Trinajstić information content (AvgIpc) is 1.97. The third-order valence-electron chi connectivity index (χ3n) is 2.29. The topological polar surface area (TPSA) is 49.8 Å². The summed E-state index contributed by atoms with van der Waals surface area (Å²) >= 11 is 0. The van der Waals surface area contributed by atoms with Crippen LogP contribution < -0.4 is 0 Å². The Morgan fingerprint density at radius 2 is 2.13 bits per heavy atom. The first-order chi connectivity index (χ1) is 6.83. The van der Waals surface area contributed by atoms with Crippen LogP contribution in [0.4, 0.5) is 4.79 Å². The van der Waals surface area contributed by atoms with E-state index >= 15 is 0 Å². The Hall–Kier alpha value is -1.03. The van der Waals surface area contributed by atoms with Crippen LogP contribution in [0.5, 0.6) is 0 Å². The molecule has 1 N–H and O–H groups in total. The zero-order valence-electron chi connectivity index (χ0n) is 9.56. The number of carbonyl (C=O) groups excluding carboxylic acids is 1. The minimum atomic E-state index is -0.524. The molecule has 1 fully saturated rings. The molecule has 1 aliphatic heterocycles. The van der Waals surface area contributed by atoms with Gasteiger partial charge in [0.2, 0.25) is 0 Å². The molecule has 1 unspecified atom stereocenters. The summed E-state index contributed by atoms with van der Waals surface area (Å²) in [5.41, 5.74) is -0.459. The van der Waals surface area contributed by atoms with Gasteiger partial charge in [-0.1, -0.05) is 6.08 Å². The molecule has 0 bridgehead atoms. The maximum atomic E-state index is 11.5. The lowest BCUT2D eigenvalue weighted by atomic mass is 9.94. The van der Waals surface area contributed by atoms with E-state index in [9.17, 15) is 9.90 Å². The van der Waals surface area contributed by atoms with E-state index in [0.29, 0.717) is 13.1 Å². The molecular formula is C11H19NO3. The normalized spacial score (nSPS) is 19.3. The first-order valence-corrected chi connectivity index (χ1v) is 5.12.